The fraction of sp³-hybridized carbons (Fsp3) is 0.944. The Balaban J connectivity index is 3.26. The van der Waals surface area contributed by atoms with Gasteiger partial charge in [-0.05, 0) is 64.3 Å². The minimum Gasteiger partial charge on any atom is -0.356 e. The molecule has 0 aliphatic carbocycles. The predicted molar refractivity (Wildman–Crippen MR) is 99.6 cm³/mol. The molecule has 0 heterocycles. The molecule has 0 bridgehead atoms. The third-order valence-electron chi connectivity index (χ3n) is 3.97. The van der Waals surface area contributed by atoms with Crippen LogP contribution in [-0.2, 0) is 4.79 Å². The topological polar surface area (TPSA) is 79.2 Å². The second-order valence-corrected chi connectivity index (χ2v) is 6.50. The van der Waals surface area contributed by atoms with Gasteiger partial charge in [-0.25, -0.2) is 0 Å². The van der Waals surface area contributed by atoms with E-state index in [-0.39, 0.29) is 5.91 Å². The van der Waals surface area contributed by atoms with E-state index in [1.165, 1.54) is 25.7 Å². The minimum absolute atomic E-state index is 0.207. The highest BCUT2D eigenvalue weighted by atomic mass is 16.1. The lowest BCUT2D eigenvalue weighted by atomic mass is 10.1. The molecule has 1 atom stereocenters. The van der Waals surface area contributed by atoms with E-state index in [0.29, 0.717) is 12.3 Å². The normalized spacial score (nSPS) is 12.3. The second-order valence-electron chi connectivity index (χ2n) is 6.50. The summed E-state index contributed by atoms with van der Waals surface area (Å²) in [5.74, 6) is 0.881. The van der Waals surface area contributed by atoms with Gasteiger partial charge < -0.3 is 21.7 Å². The number of carbonyl (C=O) groups excluding carboxylic acids is 1. The summed E-state index contributed by atoms with van der Waals surface area (Å²) in [6.45, 7) is 10.1. The fourth-order valence-electron chi connectivity index (χ4n) is 2.39. The first kappa shape index (κ1) is 22.4. The summed E-state index contributed by atoms with van der Waals surface area (Å²) in [6, 6.07) is 0. The molecule has 5 nitrogen and oxygen atoms in total. The first-order chi connectivity index (χ1) is 11.2. The van der Waals surface area contributed by atoms with Gasteiger partial charge in [-0.2, -0.15) is 0 Å². The van der Waals surface area contributed by atoms with Crippen LogP contribution in [-0.4, -0.2) is 45.2 Å². The summed E-state index contributed by atoms with van der Waals surface area (Å²) in [7, 11) is 0. The van der Waals surface area contributed by atoms with Gasteiger partial charge in [0, 0.05) is 13.0 Å². The highest BCUT2D eigenvalue weighted by Crippen LogP contribution is 2.02. The molecule has 0 rings (SSSR count). The molecule has 0 saturated heterocycles. The molecule has 0 fully saturated rings. The van der Waals surface area contributed by atoms with Gasteiger partial charge in [-0.15, -0.1) is 0 Å². The van der Waals surface area contributed by atoms with Crippen molar-refractivity contribution in [2.24, 2.45) is 11.7 Å². The Morgan fingerprint density at radius 2 is 1.74 bits per heavy atom. The molecule has 1 unspecified atom stereocenters. The number of nitrogens with one attached hydrogen (secondary N) is 3. The van der Waals surface area contributed by atoms with E-state index in [4.69, 9.17) is 5.73 Å². The first-order valence-electron chi connectivity index (χ1n) is 9.58. The Morgan fingerprint density at radius 1 is 0.957 bits per heavy atom. The third-order valence-corrected chi connectivity index (χ3v) is 3.97. The maximum absolute atomic E-state index is 11.6. The van der Waals surface area contributed by atoms with Crippen LogP contribution in [0.3, 0.4) is 0 Å². The van der Waals surface area contributed by atoms with Crippen LogP contribution in [0.1, 0.15) is 65.2 Å². The molecule has 0 saturated carbocycles. The lowest BCUT2D eigenvalue weighted by Crippen LogP contribution is -2.29. The number of amides is 1. The molecule has 0 aliphatic heterocycles. The Hall–Kier alpha value is -0.650. The molecule has 0 aliphatic rings. The van der Waals surface area contributed by atoms with Crippen molar-refractivity contribution in [2.45, 2.75) is 65.2 Å². The van der Waals surface area contributed by atoms with Gasteiger partial charge in [0.2, 0.25) is 5.91 Å². The van der Waals surface area contributed by atoms with E-state index >= 15 is 0 Å². The van der Waals surface area contributed by atoms with Crippen LogP contribution in [0.5, 0.6) is 0 Å². The monoisotopic (exact) mass is 328 g/mol. The summed E-state index contributed by atoms with van der Waals surface area (Å²) < 4.78 is 0. The van der Waals surface area contributed by atoms with Gasteiger partial charge in [-0.1, -0.05) is 33.1 Å². The Labute approximate surface area is 143 Å². The zero-order valence-corrected chi connectivity index (χ0v) is 15.5. The number of hydrogen-bond donors (Lipinski definition) is 4. The van der Waals surface area contributed by atoms with Gasteiger partial charge in [0.1, 0.15) is 0 Å². The van der Waals surface area contributed by atoms with Gasteiger partial charge in [0.25, 0.3) is 0 Å². The van der Waals surface area contributed by atoms with Crippen LogP contribution < -0.4 is 21.7 Å². The molecule has 0 aromatic rings. The van der Waals surface area contributed by atoms with Crippen molar-refractivity contribution in [1.82, 2.24) is 16.0 Å². The lowest BCUT2D eigenvalue weighted by molar-refractivity contribution is -0.121. The minimum atomic E-state index is 0.207. The number of nitrogens with two attached hydrogens (primary N) is 1. The van der Waals surface area contributed by atoms with Gasteiger partial charge in [0.15, 0.2) is 0 Å². The van der Waals surface area contributed by atoms with Crippen LogP contribution in [0.25, 0.3) is 0 Å². The predicted octanol–water partition coefficient (Wildman–Crippen LogP) is 2.02. The number of carbonyl (C=O) groups is 1. The fourth-order valence-corrected chi connectivity index (χ4v) is 2.39. The highest BCUT2D eigenvalue weighted by molar-refractivity contribution is 5.75. The van der Waals surface area contributed by atoms with E-state index in [0.717, 1.165) is 58.5 Å². The van der Waals surface area contributed by atoms with E-state index in [1.54, 1.807) is 0 Å². The average Bonchev–Trinajstić information content (AvgIpc) is 2.54. The standard InChI is InChI=1S/C18H40N4O/c1-3-4-5-6-9-18(23)22-14-8-13-21-16-17(2)10-15-20-12-7-11-19/h17,20-21H,3-16,19H2,1-2H3,(H,22,23). The largest absolute Gasteiger partial charge is 0.356 e. The molecule has 0 aromatic heterocycles. The van der Waals surface area contributed by atoms with Crippen molar-refractivity contribution >= 4 is 5.91 Å². The highest BCUT2D eigenvalue weighted by Gasteiger charge is 2.02. The van der Waals surface area contributed by atoms with Crippen molar-refractivity contribution in [3.05, 3.63) is 0 Å². The van der Waals surface area contributed by atoms with E-state index in [1.807, 2.05) is 0 Å². The van der Waals surface area contributed by atoms with E-state index in [2.05, 4.69) is 29.8 Å². The summed E-state index contributed by atoms with van der Waals surface area (Å²) in [4.78, 5) is 11.6. The molecule has 0 aromatic carbocycles. The van der Waals surface area contributed by atoms with Crippen LogP contribution in [0.15, 0.2) is 0 Å². The smallest absolute Gasteiger partial charge is 0.219 e. The summed E-state index contributed by atoms with van der Waals surface area (Å²) in [5.41, 5.74) is 5.45. The zero-order valence-electron chi connectivity index (χ0n) is 15.5. The molecule has 23 heavy (non-hydrogen) atoms. The van der Waals surface area contributed by atoms with Gasteiger partial charge in [-0.3, -0.25) is 4.79 Å². The van der Waals surface area contributed by atoms with Crippen molar-refractivity contribution in [3.8, 4) is 0 Å². The summed E-state index contributed by atoms with van der Waals surface area (Å²) in [5, 5.41) is 9.88. The number of hydrogen-bond acceptors (Lipinski definition) is 4. The third kappa shape index (κ3) is 17.5. The second kappa shape index (κ2) is 17.7. The zero-order chi connectivity index (χ0) is 17.2. The molecular formula is C18H40N4O. The lowest BCUT2D eigenvalue weighted by Gasteiger charge is -2.13. The first-order valence-corrected chi connectivity index (χ1v) is 9.58. The Kier molecular flexibility index (Phi) is 17.2. The van der Waals surface area contributed by atoms with Crippen molar-refractivity contribution in [1.29, 1.82) is 0 Å². The maximum atomic E-state index is 11.6. The van der Waals surface area contributed by atoms with E-state index in [9.17, 15) is 4.79 Å². The molecule has 5 heteroatoms. The van der Waals surface area contributed by atoms with Crippen LogP contribution in [0.4, 0.5) is 0 Å². The van der Waals surface area contributed by atoms with E-state index < -0.39 is 0 Å². The van der Waals surface area contributed by atoms with Crippen molar-refractivity contribution in [2.75, 3.05) is 39.3 Å². The quantitative estimate of drug-likeness (QED) is 0.308. The van der Waals surface area contributed by atoms with Gasteiger partial charge >= 0.3 is 0 Å². The molecule has 1 amide bonds. The van der Waals surface area contributed by atoms with Crippen LogP contribution >= 0.6 is 0 Å². The average molecular weight is 329 g/mol. The van der Waals surface area contributed by atoms with Crippen LogP contribution in [0.2, 0.25) is 0 Å². The molecular weight excluding hydrogens is 288 g/mol. The summed E-state index contributed by atoms with van der Waals surface area (Å²) in [6.07, 6.45) is 8.57. The molecule has 0 spiro atoms. The number of unbranched alkanes of at least 4 members (excludes halogenated alkanes) is 3. The van der Waals surface area contributed by atoms with Crippen molar-refractivity contribution in [3.63, 3.8) is 0 Å². The van der Waals surface area contributed by atoms with Gasteiger partial charge in [0.05, 0.1) is 0 Å². The van der Waals surface area contributed by atoms with Crippen LogP contribution in [0, 0.1) is 5.92 Å². The summed E-state index contributed by atoms with van der Waals surface area (Å²) >= 11 is 0. The molecule has 0 radical (unpaired) electrons. The molecule has 138 valence electrons. The SMILES string of the molecule is CCCCCCC(=O)NCCCNCC(C)CCNCCCN. The Morgan fingerprint density at radius 3 is 2.48 bits per heavy atom. The maximum Gasteiger partial charge on any atom is 0.219 e. The Bertz CT molecular complexity index is 261. The molecule has 5 N–H and O–H groups in total. The van der Waals surface area contributed by atoms with Crippen molar-refractivity contribution < 1.29 is 4.79 Å². The number of rotatable bonds is 17.